The molecule has 1 fully saturated rings. The van der Waals surface area contributed by atoms with Crippen molar-refractivity contribution in [1.29, 1.82) is 0 Å². The van der Waals surface area contributed by atoms with E-state index in [-0.39, 0.29) is 6.61 Å². The minimum atomic E-state index is -1.70. The average molecular weight is 542 g/mol. The Hall–Kier alpha value is -3.78. The molecular weight excluding hydrogens is 514 g/mol. The normalized spacial score (nSPS) is 26.1. The first-order chi connectivity index (χ1) is 18.9. The smallest absolute Gasteiger partial charge is 0.341 e. The number of esters is 1. The molecule has 1 aliphatic heterocycles. The van der Waals surface area contributed by atoms with Gasteiger partial charge < -0.3 is 9.84 Å². The molecule has 0 spiro atoms. The number of amides is 2. The lowest BCUT2D eigenvalue weighted by Gasteiger charge is -2.51. The van der Waals surface area contributed by atoms with E-state index in [9.17, 15) is 24.3 Å². The number of carboxylic acids is 1. The number of nitrogens with zero attached hydrogens (tertiary/aromatic N) is 1. The molecule has 8 heteroatoms. The summed E-state index contributed by atoms with van der Waals surface area (Å²) in [7, 11) is 0. The summed E-state index contributed by atoms with van der Waals surface area (Å²) in [6.07, 6.45) is 4.00. The van der Waals surface area contributed by atoms with Crippen LogP contribution in [-0.4, -0.2) is 35.5 Å². The summed E-state index contributed by atoms with van der Waals surface area (Å²) in [5.74, 6) is -5.10. The number of carbonyl (C=O) groups excluding carboxylic acids is 3. The largest absolute Gasteiger partial charge is 0.480 e. The Bertz CT molecular complexity index is 1540. The van der Waals surface area contributed by atoms with Crippen LogP contribution in [0.25, 0.3) is 0 Å². The Morgan fingerprint density at radius 2 is 1.64 bits per heavy atom. The summed E-state index contributed by atoms with van der Waals surface area (Å²) < 4.78 is 5.53. The first kappa shape index (κ1) is 24.3. The Kier molecular flexibility index (Phi) is 5.36. The molecule has 2 unspecified atom stereocenters. The summed E-state index contributed by atoms with van der Waals surface area (Å²) in [6, 6.07) is 14.6. The number of benzene rings is 2. The fourth-order valence-corrected chi connectivity index (χ4v) is 8.91. The topological polar surface area (TPSA) is 101 Å². The number of carbonyl (C=O) groups is 4. The van der Waals surface area contributed by atoms with Crippen molar-refractivity contribution >= 4 is 40.1 Å². The zero-order valence-electron chi connectivity index (χ0n) is 21.4. The summed E-state index contributed by atoms with van der Waals surface area (Å²) in [5, 5.41) is 11.2. The molecule has 0 radical (unpaired) electrons. The second kappa shape index (κ2) is 8.61. The summed E-state index contributed by atoms with van der Waals surface area (Å²) in [5.41, 5.74) is 2.15. The van der Waals surface area contributed by atoms with Gasteiger partial charge in [0, 0.05) is 10.8 Å². The van der Waals surface area contributed by atoms with E-state index in [2.05, 4.69) is 0 Å². The molecule has 1 aromatic heterocycles. The Morgan fingerprint density at radius 3 is 2.28 bits per heavy atom. The van der Waals surface area contributed by atoms with E-state index in [1.165, 1.54) is 11.3 Å². The summed E-state index contributed by atoms with van der Waals surface area (Å²) in [4.78, 5) is 57.7. The predicted octanol–water partition coefficient (Wildman–Crippen LogP) is 4.83. The van der Waals surface area contributed by atoms with E-state index in [1.807, 2.05) is 31.2 Å². The van der Waals surface area contributed by atoms with Gasteiger partial charge >= 0.3 is 11.9 Å². The summed E-state index contributed by atoms with van der Waals surface area (Å²) >= 11 is 1.31. The van der Waals surface area contributed by atoms with Crippen molar-refractivity contribution in [1.82, 2.24) is 0 Å². The number of aryl methyl sites for hydroxylation is 1. The minimum absolute atomic E-state index is 0.241. The van der Waals surface area contributed by atoms with E-state index in [4.69, 9.17) is 4.74 Å². The van der Waals surface area contributed by atoms with Gasteiger partial charge in [-0.3, -0.25) is 14.4 Å². The lowest BCUT2D eigenvalue weighted by atomic mass is 9.47. The fourth-order valence-electron chi connectivity index (χ4n) is 7.52. The van der Waals surface area contributed by atoms with Crippen LogP contribution in [-0.2, 0) is 37.4 Å². The summed E-state index contributed by atoms with van der Waals surface area (Å²) in [6.45, 7) is 2.15. The number of anilines is 1. The average Bonchev–Trinajstić information content (AvgIpc) is 3.46. The number of hydrogen-bond acceptors (Lipinski definition) is 6. The molecule has 2 atom stereocenters. The molecule has 39 heavy (non-hydrogen) atoms. The van der Waals surface area contributed by atoms with Crippen molar-refractivity contribution in [2.75, 3.05) is 11.5 Å². The lowest BCUT2D eigenvalue weighted by molar-refractivity contribution is -0.149. The maximum absolute atomic E-state index is 14.5. The van der Waals surface area contributed by atoms with Crippen LogP contribution in [0.1, 0.15) is 75.2 Å². The van der Waals surface area contributed by atoms with Crippen molar-refractivity contribution < 1.29 is 29.0 Å². The maximum Gasteiger partial charge on any atom is 0.341 e. The highest BCUT2D eigenvalue weighted by molar-refractivity contribution is 7.17. The second-order valence-electron chi connectivity index (χ2n) is 10.8. The van der Waals surface area contributed by atoms with Crippen LogP contribution >= 0.6 is 11.3 Å². The Labute approximate surface area is 229 Å². The molecule has 2 amide bonds. The fraction of sp³-hybridized carbons (Fsp3) is 0.355. The number of fused-ring (bicyclic) bond motifs is 1. The van der Waals surface area contributed by atoms with Crippen LogP contribution in [0.2, 0.25) is 0 Å². The molecule has 1 saturated heterocycles. The maximum atomic E-state index is 14.5. The van der Waals surface area contributed by atoms with Gasteiger partial charge in [-0.15, -0.1) is 11.3 Å². The van der Waals surface area contributed by atoms with Crippen molar-refractivity contribution in [2.45, 2.75) is 50.4 Å². The van der Waals surface area contributed by atoms with Crippen molar-refractivity contribution in [3.63, 3.8) is 0 Å². The third kappa shape index (κ3) is 2.98. The monoisotopic (exact) mass is 541 g/mol. The molecule has 0 saturated carbocycles. The molecule has 8 rings (SSSR count). The lowest BCUT2D eigenvalue weighted by Crippen LogP contribution is -2.57. The first-order valence-electron chi connectivity index (χ1n) is 13.5. The molecule has 4 aliphatic carbocycles. The second-order valence-corrected chi connectivity index (χ2v) is 11.9. The van der Waals surface area contributed by atoms with Crippen LogP contribution in [0, 0.1) is 11.8 Å². The van der Waals surface area contributed by atoms with E-state index in [0.717, 1.165) is 45.7 Å². The molecule has 2 heterocycles. The predicted molar refractivity (Wildman–Crippen MR) is 144 cm³/mol. The first-order valence-corrected chi connectivity index (χ1v) is 14.4. The number of carboxylic acid groups (broad SMARTS) is 1. The molecule has 2 aromatic carbocycles. The van der Waals surface area contributed by atoms with Gasteiger partial charge in [0.2, 0.25) is 11.8 Å². The van der Waals surface area contributed by atoms with Gasteiger partial charge in [0.25, 0.3) is 0 Å². The third-order valence-electron chi connectivity index (χ3n) is 8.95. The number of rotatable bonds is 5. The van der Waals surface area contributed by atoms with E-state index >= 15 is 0 Å². The van der Waals surface area contributed by atoms with E-state index in [0.29, 0.717) is 34.5 Å². The van der Waals surface area contributed by atoms with Crippen LogP contribution in [0.15, 0.2) is 48.5 Å². The zero-order valence-corrected chi connectivity index (χ0v) is 22.3. The molecule has 7 nitrogen and oxygen atoms in total. The third-order valence-corrected chi connectivity index (χ3v) is 10.2. The van der Waals surface area contributed by atoms with Gasteiger partial charge in [0.05, 0.1) is 24.0 Å². The molecule has 2 bridgehead atoms. The van der Waals surface area contributed by atoms with Gasteiger partial charge in [-0.05, 0) is 59.9 Å². The number of thiophene rings is 1. The standard InChI is InChI=1S/C31H27NO6S/c1-2-15-38-29(35)23-18-11-5-8-14-21(18)39-28(23)32-26(33)24-22-16-9-3-6-12-19(16)31(30(36)37,25(24)27(32)34)20-13-7-4-10-17(20)22/h3-4,6-7,9-10,12-13,22,24-25H,2,5,8,11,14-15H2,1H3,(H,36,37). The molecule has 3 aromatic rings. The molecular formula is C31H27NO6S. The van der Waals surface area contributed by atoms with Gasteiger partial charge in [0.1, 0.15) is 10.4 Å². The van der Waals surface area contributed by atoms with Crippen molar-refractivity contribution in [3.05, 3.63) is 86.8 Å². The van der Waals surface area contributed by atoms with Gasteiger partial charge in [0.15, 0.2) is 0 Å². The highest BCUT2D eigenvalue weighted by Gasteiger charge is 2.71. The van der Waals surface area contributed by atoms with Gasteiger partial charge in [-0.25, -0.2) is 9.69 Å². The van der Waals surface area contributed by atoms with Crippen LogP contribution in [0.5, 0.6) is 0 Å². The number of aliphatic carboxylic acids is 1. The van der Waals surface area contributed by atoms with Crippen molar-refractivity contribution in [2.24, 2.45) is 11.8 Å². The van der Waals surface area contributed by atoms with Gasteiger partial charge in [-0.2, -0.15) is 0 Å². The number of ether oxygens (including phenoxy) is 1. The minimum Gasteiger partial charge on any atom is -0.480 e. The highest BCUT2D eigenvalue weighted by Crippen LogP contribution is 2.64. The van der Waals surface area contributed by atoms with Crippen LogP contribution < -0.4 is 4.90 Å². The molecule has 5 aliphatic rings. The van der Waals surface area contributed by atoms with Gasteiger partial charge in [-0.1, -0.05) is 55.5 Å². The Balaban J connectivity index is 1.45. The number of hydrogen-bond donors (Lipinski definition) is 1. The molecule has 198 valence electrons. The van der Waals surface area contributed by atoms with Crippen LogP contribution in [0.4, 0.5) is 5.00 Å². The van der Waals surface area contributed by atoms with E-state index < -0.39 is 46.9 Å². The SMILES string of the molecule is CCCOC(=O)c1c(N2C(=O)C3C4c5ccccc5C(C(=O)O)(c5ccccc54)C3C2=O)sc2c1CCCC2. The molecule has 1 N–H and O–H groups in total. The van der Waals surface area contributed by atoms with E-state index in [1.54, 1.807) is 24.3 Å². The van der Waals surface area contributed by atoms with Crippen molar-refractivity contribution in [3.8, 4) is 0 Å². The quantitative estimate of drug-likeness (QED) is 0.367. The Morgan fingerprint density at radius 1 is 1.00 bits per heavy atom. The zero-order chi connectivity index (χ0) is 27.1. The highest BCUT2D eigenvalue weighted by atomic mass is 32.1. The van der Waals surface area contributed by atoms with Crippen LogP contribution in [0.3, 0.4) is 0 Å². The number of imide groups is 1.